The minimum Gasteiger partial charge on any atom is -0.320 e. The van der Waals surface area contributed by atoms with Crippen LogP contribution in [0.2, 0.25) is 0 Å². The average molecular weight is 272 g/mol. The molecular formula is C13H12N4OS. The third kappa shape index (κ3) is 3.37. The number of thiophene rings is 1. The van der Waals surface area contributed by atoms with Gasteiger partial charge in [-0.05, 0) is 18.6 Å². The van der Waals surface area contributed by atoms with E-state index in [-0.39, 0.29) is 5.91 Å². The SMILES string of the molecule is Cc1cc(C(=O)Nc2cnccn2)sc1C#CCN. The predicted octanol–water partition coefficient (Wildman–Crippen LogP) is 1.41. The minimum absolute atomic E-state index is 0.214. The van der Waals surface area contributed by atoms with Crippen LogP contribution in [0.5, 0.6) is 0 Å². The van der Waals surface area contributed by atoms with Crippen molar-refractivity contribution in [3.8, 4) is 11.8 Å². The molecule has 6 heteroatoms. The van der Waals surface area contributed by atoms with Gasteiger partial charge in [-0.25, -0.2) is 4.98 Å². The molecule has 0 saturated carbocycles. The van der Waals surface area contributed by atoms with Gasteiger partial charge in [0, 0.05) is 12.4 Å². The molecule has 0 atom stereocenters. The Hall–Kier alpha value is -2.23. The molecule has 2 heterocycles. The number of carbonyl (C=O) groups is 1. The molecule has 96 valence electrons. The van der Waals surface area contributed by atoms with E-state index < -0.39 is 0 Å². The van der Waals surface area contributed by atoms with Gasteiger partial charge in [0.1, 0.15) is 0 Å². The number of carbonyl (C=O) groups excluding carboxylic acids is 1. The van der Waals surface area contributed by atoms with Crippen molar-refractivity contribution in [2.75, 3.05) is 11.9 Å². The summed E-state index contributed by atoms with van der Waals surface area (Å²) in [5.41, 5.74) is 6.30. The summed E-state index contributed by atoms with van der Waals surface area (Å²) >= 11 is 1.34. The van der Waals surface area contributed by atoms with E-state index in [1.807, 2.05) is 6.92 Å². The van der Waals surface area contributed by atoms with Crippen molar-refractivity contribution < 1.29 is 4.79 Å². The van der Waals surface area contributed by atoms with Crippen LogP contribution in [-0.4, -0.2) is 22.4 Å². The fourth-order valence-corrected chi connectivity index (χ4v) is 2.33. The smallest absolute Gasteiger partial charge is 0.266 e. The molecule has 0 unspecified atom stereocenters. The first-order valence-corrected chi connectivity index (χ1v) is 6.39. The Labute approximate surface area is 114 Å². The van der Waals surface area contributed by atoms with Crippen molar-refractivity contribution in [3.05, 3.63) is 40.0 Å². The zero-order chi connectivity index (χ0) is 13.7. The maximum Gasteiger partial charge on any atom is 0.266 e. The molecule has 5 nitrogen and oxygen atoms in total. The van der Waals surface area contributed by atoms with Gasteiger partial charge in [-0.3, -0.25) is 9.78 Å². The largest absolute Gasteiger partial charge is 0.320 e. The summed E-state index contributed by atoms with van der Waals surface area (Å²) in [5, 5.41) is 2.68. The average Bonchev–Trinajstić information content (AvgIpc) is 2.79. The van der Waals surface area contributed by atoms with Gasteiger partial charge >= 0.3 is 0 Å². The van der Waals surface area contributed by atoms with Gasteiger partial charge in [-0.15, -0.1) is 11.3 Å². The molecule has 3 N–H and O–H groups in total. The third-order valence-corrected chi connectivity index (χ3v) is 3.40. The van der Waals surface area contributed by atoms with Crippen LogP contribution in [0.1, 0.15) is 20.1 Å². The lowest BCUT2D eigenvalue weighted by atomic mass is 10.2. The van der Waals surface area contributed by atoms with Crippen LogP contribution < -0.4 is 11.1 Å². The summed E-state index contributed by atoms with van der Waals surface area (Å²) in [6.45, 7) is 2.22. The summed E-state index contributed by atoms with van der Waals surface area (Å²) < 4.78 is 0. The molecule has 0 saturated heterocycles. The van der Waals surface area contributed by atoms with Crippen LogP contribution in [-0.2, 0) is 0 Å². The Bertz CT molecular complexity index is 640. The molecule has 0 fully saturated rings. The fourth-order valence-electron chi connectivity index (χ4n) is 1.39. The highest BCUT2D eigenvalue weighted by Gasteiger charge is 2.12. The Balaban J connectivity index is 2.16. The van der Waals surface area contributed by atoms with E-state index in [0.717, 1.165) is 10.4 Å². The lowest BCUT2D eigenvalue weighted by molar-refractivity contribution is 0.103. The van der Waals surface area contributed by atoms with Crippen LogP contribution in [0.4, 0.5) is 5.82 Å². The number of hydrogen-bond acceptors (Lipinski definition) is 5. The highest BCUT2D eigenvalue weighted by molar-refractivity contribution is 7.14. The fraction of sp³-hybridized carbons (Fsp3) is 0.154. The van der Waals surface area contributed by atoms with Crippen molar-refractivity contribution in [2.24, 2.45) is 5.73 Å². The molecule has 2 rings (SSSR count). The van der Waals surface area contributed by atoms with Crippen LogP contribution >= 0.6 is 11.3 Å². The quantitative estimate of drug-likeness (QED) is 0.810. The number of aryl methyl sites for hydroxylation is 1. The first-order valence-electron chi connectivity index (χ1n) is 5.57. The molecule has 2 aromatic heterocycles. The number of nitrogens with two attached hydrogens (primary N) is 1. The topological polar surface area (TPSA) is 80.9 Å². The summed E-state index contributed by atoms with van der Waals surface area (Å²) in [4.78, 5) is 21.3. The van der Waals surface area contributed by atoms with Crippen LogP contribution in [0.25, 0.3) is 0 Å². The highest BCUT2D eigenvalue weighted by atomic mass is 32.1. The summed E-state index contributed by atoms with van der Waals surface area (Å²) in [6, 6.07) is 1.80. The second-order valence-corrected chi connectivity index (χ2v) is 4.73. The number of nitrogens with one attached hydrogen (secondary N) is 1. The van der Waals surface area contributed by atoms with Gasteiger partial charge in [0.15, 0.2) is 5.82 Å². The van der Waals surface area contributed by atoms with Crippen molar-refractivity contribution in [1.29, 1.82) is 0 Å². The molecule has 0 aromatic carbocycles. The summed E-state index contributed by atoms with van der Waals surface area (Å²) in [5.74, 6) is 5.94. The number of amides is 1. The standard InChI is InChI=1S/C13H12N4OS/c1-9-7-11(19-10(9)3-2-4-14)13(18)17-12-8-15-5-6-16-12/h5-8H,4,14H2,1H3,(H,16,17,18). The van der Waals surface area contributed by atoms with E-state index in [9.17, 15) is 4.79 Å². The number of aromatic nitrogens is 2. The van der Waals surface area contributed by atoms with Gasteiger partial charge in [0.05, 0.1) is 22.5 Å². The van der Waals surface area contributed by atoms with Gasteiger partial charge in [-0.1, -0.05) is 11.8 Å². The maximum atomic E-state index is 12.0. The first kappa shape index (κ1) is 13.2. The second-order valence-electron chi connectivity index (χ2n) is 3.67. The number of rotatable bonds is 2. The van der Waals surface area contributed by atoms with Crippen molar-refractivity contribution in [1.82, 2.24) is 9.97 Å². The van der Waals surface area contributed by atoms with Crippen molar-refractivity contribution in [2.45, 2.75) is 6.92 Å². The summed E-state index contributed by atoms with van der Waals surface area (Å²) in [7, 11) is 0. The Kier molecular flexibility index (Phi) is 4.23. The lowest BCUT2D eigenvalue weighted by Gasteiger charge is -2.00. The van der Waals surface area contributed by atoms with Gasteiger partial charge in [0.25, 0.3) is 5.91 Å². The highest BCUT2D eigenvalue weighted by Crippen LogP contribution is 2.21. The molecule has 19 heavy (non-hydrogen) atoms. The molecule has 0 aliphatic rings. The van der Waals surface area contributed by atoms with E-state index in [2.05, 4.69) is 27.1 Å². The molecule has 0 aliphatic carbocycles. The van der Waals surface area contributed by atoms with Gasteiger partial charge in [0.2, 0.25) is 0 Å². The Morgan fingerprint density at radius 3 is 3.05 bits per heavy atom. The van der Waals surface area contributed by atoms with Crippen LogP contribution in [0.3, 0.4) is 0 Å². The molecule has 0 radical (unpaired) electrons. The zero-order valence-corrected chi connectivity index (χ0v) is 11.1. The number of nitrogens with zero attached hydrogens (tertiary/aromatic N) is 2. The van der Waals surface area contributed by atoms with Crippen LogP contribution in [0, 0.1) is 18.8 Å². The molecule has 1 amide bonds. The molecule has 2 aromatic rings. The Morgan fingerprint density at radius 1 is 1.53 bits per heavy atom. The number of anilines is 1. The third-order valence-electron chi connectivity index (χ3n) is 2.25. The summed E-state index contributed by atoms with van der Waals surface area (Å²) in [6.07, 6.45) is 4.56. The maximum absolute atomic E-state index is 12.0. The van der Waals surface area contributed by atoms with E-state index in [4.69, 9.17) is 5.73 Å². The molecular weight excluding hydrogens is 260 g/mol. The van der Waals surface area contributed by atoms with Crippen molar-refractivity contribution >= 4 is 23.1 Å². The van der Waals surface area contributed by atoms with E-state index >= 15 is 0 Å². The second kappa shape index (κ2) is 6.09. The number of hydrogen-bond donors (Lipinski definition) is 2. The Morgan fingerprint density at radius 2 is 2.37 bits per heavy atom. The lowest BCUT2D eigenvalue weighted by Crippen LogP contribution is -2.11. The molecule has 0 spiro atoms. The predicted molar refractivity (Wildman–Crippen MR) is 75.0 cm³/mol. The molecule has 0 bridgehead atoms. The van der Waals surface area contributed by atoms with E-state index in [0.29, 0.717) is 17.2 Å². The van der Waals surface area contributed by atoms with E-state index in [1.165, 1.54) is 23.7 Å². The minimum atomic E-state index is -0.214. The first-order chi connectivity index (χ1) is 9.20. The van der Waals surface area contributed by atoms with E-state index in [1.54, 1.807) is 12.3 Å². The monoisotopic (exact) mass is 272 g/mol. The normalized spacial score (nSPS) is 9.58. The van der Waals surface area contributed by atoms with Crippen molar-refractivity contribution in [3.63, 3.8) is 0 Å². The van der Waals surface area contributed by atoms with Gasteiger partial charge < -0.3 is 11.1 Å². The van der Waals surface area contributed by atoms with Gasteiger partial charge in [-0.2, -0.15) is 0 Å². The zero-order valence-electron chi connectivity index (χ0n) is 10.3. The molecule has 0 aliphatic heterocycles. The van der Waals surface area contributed by atoms with Crippen LogP contribution in [0.15, 0.2) is 24.7 Å².